The van der Waals surface area contributed by atoms with Gasteiger partial charge in [-0.2, -0.15) is 5.26 Å². The smallest absolute Gasteiger partial charge is 0.101 e. The lowest BCUT2D eigenvalue weighted by molar-refractivity contribution is 0.399. The lowest BCUT2D eigenvalue weighted by Gasteiger charge is -2.32. The summed E-state index contributed by atoms with van der Waals surface area (Å²) >= 11 is 5.99. The van der Waals surface area contributed by atoms with E-state index < -0.39 is 0 Å². The minimum absolute atomic E-state index is 0.525. The molecular weight excluding hydrogens is 270 g/mol. The molecule has 1 aromatic rings. The molecule has 0 aliphatic carbocycles. The number of benzene rings is 1. The Bertz CT molecular complexity index is 475. The van der Waals surface area contributed by atoms with Crippen LogP contribution in [0.15, 0.2) is 18.2 Å². The topological polar surface area (TPSA) is 39.1 Å². The molecule has 1 saturated heterocycles. The van der Waals surface area contributed by atoms with Crippen molar-refractivity contribution in [2.75, 3.05) is 24.5 Å². The van der Waals surface area contributed by atoms with Gasteiger partial charge < -0.3 is 10.2 Å². The fourth-order valence-corrected chi connectivity index (χ4v) is 2.97. The van der Waals surface area contributed by atoms with Crippen LogP contribution in [0.25, 0.3) is 0 Å². The number of nitrogens with zero attached hydrogens (tertiary/aromatic N) is 2. The number of hydrogen-bond acceptors (Lipinski definition) is 3. The summed E-state index contributed by atoms with van der Waals surface area (Å²) in [5, 5.41) is 13.5. The van der Waals surface area contributed by atoms with Crippen LogP contribution < -0.4 is 10.2 Å². The zero-order valence-electron chi connectivity index (χ0n) is 12.0. The van der Waals surface area contributed by atoms with E-state index in [1.54, 1.807) is 6.07 Å². The lowest BCUT2D eigenvalue weighted by Crippen LogP contribution is -2.44. The van der Waals surface area contributed by atoms with Crippen LogP contribution >= 0.6 is 11.6 Å². The first-order valence-electron chi connectivity index (χ1n) is 7.42. The maximum atomic E-state index is 9.31. The molecule has 1 N–H and O–H groups in total. The molecule has 1 unspecified atom stereocenters. The van der Waals surface area contributed by atoms with E-state index >= 15 is 0 Å². The van der Waals surface area contributed by atoms with Crippen molar-refractivity contribution in [3.63, 3.8) is 0 Å². The highest BCUT2D eigenvalue weighted by atomic mass is 35.5. The largest absolute Gasteiger partial charge is 0.369 e. The van der Waals surface area contributed by atoms with Crippen molar-refractivity contribution in [2.24, 2.45) is 0 Å². The average Bonchev–Trinajstić information content (AvgIpc) is 2.48. The van der Waals surface area contributed by atoms with Gasteiger partial charge in [0.25, 0.3) is 0 Å². The third-order valence-electron chi connectivity index (χ3n) is 3.77. The summed E-state index contributed by atoms with van der Waals surface area (Å²) in [5.41, 5.74) is 1.67. The van der Waals surface area contributed by atoms with Gasteiger partial charge in [-0.05, 0) is 44.0 Å². The average molecular weight is 292 g/mol. The van der Waals surface area contributed by atoms with Crippen molar-refractivity contribution in [3.8, 4) is 6.07 Å². The third-order valence-corrected chi connectivity index (χ3v) is 4.00. The maximum absolute atomic E-state index is 9.31. The molecule has 2 rings (SSSR count). The Hall–Kier alpha value is -1.24. The van der Waals surface area contributed by atoms with E-state index in [4.69, 9.17) is 11.6 Å². The Morgan fingerprint density at radius 3 is 2.95 bits per heavy atom. The van der Waals surface area contributed by atoms with Crippen molar-refractivity contribution in [1.82, 2.24) is 5.32 Å². The van der Waals surface area contributed by atoms with Crippen molar-refractivity contribution in [1.29, 1.82) is 5.26 Å². The predicted octanol–water partition coefficient (Wildman–Crippen LogP) is 3.57. The number of piperidine rings is 1. The van der Waals surface area contributed by atoms with Crippen LogP contribution in [0.1, 0.15) is 38.2 Å². The van der Waals surface area contributed by atoms with Gasteiger partial charge in [-0.25, -0.2) is 0 Å². The van der Waals surface area contributed by atoms with Crippen LogP contribution in [-0.2, 0) is 0 Å². The molecule has 4 heteroatoms. The van der Waals surface area contributed by atoms with Crippen molar-refractivity contribution in [3.05, 3.63) is 28.8 Å². The Labute approximate surface area is 126 Å². The van der Waals surface area contributed by atoms with Gasteiger partial charge in [0.05, 0.1) is 11.3 Å². The molecule has 0 bridgehead atoms. The molecular formula is C16H22ClN3. The summed E-state index contributed by atoms with van der Waals surface area (Å²) in [4.78, 5) is 2.32. The second-order valence-electron chi connectivity index (χ2n) is 5.37. The van der Waals surface area contributed by atoms with E-state index in [9.17, 15) is 5.26 Å². The number of anilines is 1. The number of nitriles is 1. The molecule has 0 radical (unpaired) electrons. The molecule has 108 valence electrons. The Kier molecular flexibility index (Phi) is 5.70. The maximum Gasteiger partial charge on any atom is 0.101 e. The molecule has 0 saturated carbocycles. The minimum atomic E-state index is 0.525. The highest BCUT2D eigenvalue weighted by Gasteiger charge is 2.18. The second-order valence-corrected chi connectivity index (χ2v) is 5.80. The summed E-state index contributed by atoms with van der Waals surface area (Å²) in [6, 6.07) is 8.39. The fourth-order valence-electron chi connectivity index (χ4n) is 2.80. The summed E-state index contributed by atoms with van der Waals surface area (Å²) in [6.45, 7) is 5.21. The molecule has 1 fully saturated rings. The van der Waals surface area contributed by atoms with E-state index in [0.717, 1.165) is 31.7 Å². The normalized spacial score (nSPS) is 18.6. The molecule has 1 aliphatic rings. The molecule has 3 nitrogen and oxygen atoms in total. The van der Waals surface area contributed by atoms with E-state index in [1.165, 1.54) is 19.3 Å². The predicted molar refractivity (Wildman–Crippen MR) is 84.3 cm³/mol. The Morgan fingerprint density at radius 2 is 2.30 bits per heavy atom. The quantitative estimate of drug-likeness (QED) is 0.901. The first-order valence-corrected chi connectivity index (χ1v) is 7.80. The van der Waals surface area contributed by atoms with Gasteiger partial charge in [0.1, 0.15) is 6.07 Å². The zero-order chi connectivity index (χ0) is 14.4. The zero-order valence-corrected chi connectivity index (χ0v) is 12.8. The van der Waals surface area contributed by atoms with Gasteiger partial charge in [-0.3, -0.25) is 0 Å². The number of nitrogens with one attached hydrogen (secondary N) is 1. The van der Waals surface area contributed by atoms with Crippen LogP contribution in [0.2, 0.25) is 5.02 Å². The van der Waals surface area contributed by atoms with Crippen LogP contribution in [0, 0.1) is 11.3 Å². The van der Waals surface area contributed by atoms with Gasteiger partial charge in [-0.15, -0.1) is 0 Å². The first kappa shape index (κ1) is 15.2. The van der Waals surface area contributed by atoms with Crippen LogP contribution in [0.5, 0.6) is 0 Å². The molecule has 0 amide bonds. The van der Waals surface area contributed by atoms with Crippen molar-refractivity contribution >= 4 is 17.3 Å². The summed E-state index contributed by atoms with van der Waals surface area (Å²) in [7, 11) is 0. The SMILES string of the molecule is CCCN(CC1CCCCN1)c1ccc(Cl)cc1C#N. The van der Waals surface area contributed by atoms with Crippen LogP contribution in [0.4, 0.5) is 5.69 Å². The summed E-state index contributed by atoms with van der Waals surface area (Å²) in [5.74, 6) is 0. The highest BCUT2D eigenvalue weighted by Crippen LogP contribution is 2.25. The van der Waals surface area contributed by atoms with Gasteiger partial charge in [0.2, 0.25) is 0 Å². The van der Waals surface area contributed by atoms with Crippen molar-refractivity contribution < 1.29 is 0 Å². The summed E-state index contributed by atoms with van der Waals surface area (Å²) < 4.78 is 0. The van der Waals surface area contributed by atoms with E-state index in [1.807, 2.05) is 12.1 Å². The van der Waals surface area contributed by atoms with Crippen LogP contribution in [-0.4, -0.2) is 25.7 Å². The molecule has 1 heterocycles. The second kappa shape index (κ2) is 7.52. The molecule has 0 spiro atoms. The highest BCUT2D eigenvalue weighted by molar-refractivity contribution is 6.30. The monoisotopic (exact) mass is 291 g/mol. The lowest BCUT2D eigenvalue weighted by atomic mass is 10.0. The summed E-state index contributed by atoms with van der Waals surface area (Å²) in [6.07, 6.45) is 4.86. The molecule has 20 heavy (non-hydrogen) atoms. The van der Waals surface area contributed by atoms with E-state index in [2.05, 4.69) is 23.2 Å². The first-order chi connectivity index (χ1) is 9.74. The minimum Gasteiger partial charge on any atom is -0.369 e. The van der Waals surface area contributed by atoms with Crippen LogP contribution in [0.3, 0.4) is 0 Å². The van der Waals surface area contributed by atoms with E-state index in [0.29, 0.717) is 16.6 Å². The molecule has 1 aromatic carbocycles. The Morgan fingerprint density at radius 1 is 1.45 bits per heavy atom. The molecule has 0 aromatic heterocycles. The fraction of sp³-hybridized carbons (Fsp3) is 0.562. The van der Waals surface area contributed by atoms with Gasteiger partial charge in [-0.1, -0.05) is 24.9 Å². The van der Waals surface area contributed by atoms with Gasteiger partial charge >= 0.3 is 0 Å². The number of hydrogen-bond donors (Lipinski definition) is 1. The van der Waals surface area contributed by atoms with Gasteiger partial charge in [0, 0.05) is 24.2 Å². The third kappa shape index (κ3) is 3.88. The number of halogens is 1. The number of rotatable bonds is 5. The standard InChI is InChI=1S/C16H22ClN3/c1-2-9-20(12-15-5-3-4-8-19-15)16-7-6-14(17)10-13(16)11-18/h6-7,10,15,19H,2-5,8-9,12H2,1H3. The van der Waals surface area contributed by atoms with Gasteiger partial charge in [0.15, 0.2) is 0 Å². The molecule has 1 atom stereocenters. The van der Waals surface area contributed by atoms with Crippen molar-refractivity contribution in [2.45, 2.75) is 38.6 Å². The Balaban J connectivity index is 2.17. The van der Waals surface area contributed by atoms with E-state index in [-0.39, 0.29) is 0 Å². The molecule has 1 aliphatic heterocycles.